The van der Waals surface area contributed by atoms with Gasteiger partial charge in [0.05, 0.1) is 20.0 Å². The molecule has 0 radical (unpaired) electrons. The van der Waals surface area contributed by atoms with Crippen molar-refractivity contribution in [1.82, 2.24) is 10.2 Å². The van der Waals surface area contributed by atoms with Crippen molar-refractivity contribution in [3.63, 3.8) is 0 Å². The summed E-state index contributed by atoms with van der Waals surface area (Å²) in [6, 6.07) is 24.7. The SMILES string of the molecule is CCCCNC(=O)[C@@H](Cc1ccccc1)N(Cc1cccc(OC)c1)C(=O)CSCc1ccc(OC)cc1. The number of unbranched alkanes of at least 4 members (excludes halogenated alkanes) is 1. The number of hydrogen-bond acceptors (Lipinski definition) is 5. The first-order valence-electron chi connectivity index (χ1n) is 13.0. The van der Waals surface area contributed by atoms with Crippen molar-refractivity contribution in [2.75, 3.05) is 26.5 Å². The van der Waals surface area contributed by atoms with Crippen LogP contribution in [0.25, 0.3) is 0 Å². The van der Waals surface area contributed by atoms with Gasteiger partial charge in [-0.15, -0.1) is 11.8 Å². The summed E-state index contributed by atoms with van der Waals surface area (Å²) >= 11 is 1.54. The molecular weight excluding hydrogens is 496 g/mol. The number of hydrogen-bond donors (Lipinski definition) is 1. The molecule has 0 unspecified atom stereocenters. The van der Waals surface area contributed by atoms with Crippen LogP contribution in [0.1, 0.15) is 36.5 Å². The number of methoxy groups -OCH3 is 2. The number of carbonyl (C=O) groups is 2. The van der Waals surface area contributed by atoms with Crippen LogP contribution in [0.3, 0.4) is 0 Å². The highest BCUT2D eigenvalue weighted by Gasteiger charge is 2.30. The van der Waals surface area contributed by atoms with Crippen molar-refractivity contribution in [2.24, 2.45) is 0 Å². The van der Waals surface area contributed by atoms with Crippen molar-refractivity contribution in [3.8, 4) is 11.5 Å². The maximum absolute atomic E-state index is 13.7. The van der Waals surface area contributed by atoms with Gasteiger partial charge in [0.15, 0.2) is 0 Å². The van der Waals surface area contributed by atoms with Crippen molar-refractivity contribution in [2.45, 2.75) is 44.5 Å². The van der Waals surface area contributed by atoms with E-state index in [0.717, 1.165) is 41.0 Å². The molecule has 0 fully saturated rings. The number of amides is 2. The fraction of sp³-hybridized carbons (Fsp3) is 0.355. The molecule has 0 spiro atoms. The minimum Gasteiger partial charge on any atom is -0.497 e. The van der Waals surface area contributed by atoms with Crippen LogP contribution in [0.4, 0.5) is 0 Å². The minimum absolute atomic E-state index is 0.0714. The van der Waals surface area contributed by atoms with Crippen molar-refractivity contribution in [3.05, 3.63) is 95.6 Å². The highest BCUT2D eigenvalue weighted by molar-refractivity contribution is 7.99. The molecule has 3 aromatic carbocycles. The summed E-state index contributed by atoms with van der Waals surface area (Å²) in [6.45, 7) is 3.00. The Labute approximate surface area is 230 Å². The molecule has 3 rings (SSSR count). The van der Waals surface area contributed by atoms with E-state index in [1.165, 1.54) is 0 Å². The monoisotopic (exact) mass is 534 g/mol. The summed E-state index contributed by atoms with van der Waals surface area (Å²) in [5.41, 5.74) is 3.04. The van der Waals surface area contributed by atoms with Crippen LogP contribution in [0, 0.1) is 0 Å². The lowest BCUT2D eigenvalue weighted by Gasteiger charge is -2.31. The zero-order chi connectivity index (χ0) is 27.2. The Balaban J connectivity index is 1.82. The first kappa shape index (κ1) is 29.1. The molecule has 1 N–H and O–H groups in total. The first-order valence-corrected chi connectivity index (χ1v) is 14.1. The third-order valence-corrected chi connectivity index (χ3v) is 7.23. The Bertz CT molecular complexity index is 1140. The highest BCUT2D eigenvalue weighted by atomic mass is 32.2. The maximum atomic E-state index is 13.7. The van der Waals surface area contributed by atoms with Gasteiger partial charge in [-0.2, -0.15) is 0 Å². The number of nitrogens with zero attached hydrogens (tertiary/aromatic N) is 1. The maximum Gasteiger partial charge on any atom is 0.243 e. The standard InChI is InChI=1S/C31H38N2O4S/c1-4-5-18-32-31(35)29(20-24-10-7-6-8-11-24)33(21-26-12-9-13-28(19-26)37-3)30(34)23-38-22-25-14-16-27(36-2)17-15-25/h6-17,19,29H,4-5,18,20-23H2,1-3H3,(H,32,35)/t29-/m1/s1. The van der Waals surface area contributed by atoms with E-state index in [1.54, 1.807) is 30.9 Å². The van der Waals surface area contributed by atoms with Crippen LogP contribution >= 0.6 is 11.8 Å². The van der Waals surface area contributed by atoms with Gasteiger partial charge >= 0.3 is 0 Å². The van der Waals surface area contributed by atoms with E-state index < -0.39 is 6.04 Å². The fourth-order valence-electron chi connectivity index (χ4n) is 4.09. The van der Waals surface area contributed by atoms with E-state index in [4.69, 9.17) is 9.47 Å². The Morgan fingerprint density at radius 2 is 1.58 bits per heavy atom. The lowest BCUT2D eigenvalue weighted by Crippen LogP contribution is -2.51. The molecule has 3 aromatic rings. The molecule has 7 heteroatoms. The molecule has 2 amide bonds. The second-order valence-corrected chi connectivity index (χ2v) is 10.0. The van der Waals surface area contributed by atoms with Gasteiger partial charge in [0.2, 0.25) is 11.8 Å². The molecule has 0 aliphatic carbocycles. The lowest BCUT2D eigenvalue weighted by molar-refractivity contribution is -0.139. The summed E-state index contributed by atoms with van der Waals surface area (Å²) in [4.78, 5) is 28.9. The van der Waals surface area contributed by atoms with Gasteiger partial charge < -0.3 is 19.7 Å². The highest BCUT2D eigenvalue weighted by Crippen LogP contribution is 2.21. The van der Waals surface area contributed by atoms with Crippen LogP contribution < -0.4 is 14.8 Å². The van der Waals surface area contributed by atoms with Crippen LogP contribution in [0.2, 0.25) is 0 Å². The zero-order valence-electron chi connectivity index (χ0n) is 22.5. The Hall–Kier alpha value is -3.45. The summed E-state index contributed by atoms with van der Waals surface area (Å²) in [5, 5.41) is 3.06. The first-order chi connectivity index (χ1) is 18.5. The van der Waals surface area contributed by atoms with E-state index >= 15 is 0 Å². The number of rotatable bonds is 15. The summed E-state index contributed by atoms with van der Waals surface area (Å²) in [5.74, 6) is 2.28. The molecule has 0 aliphatic heterocycles. The third kappa shape index (κ3) is 9.14. The minimum atomic E-state index is -0.630. The largest absolute Gasteiger partial charge is 0.497 e. The number of nitrogens with one attached hydrogen (secondary N) is 1. The van der Waals surface area contributed by atoms with E-state index in [9.17, 15) is 9.59 Å². The van der Waals surface area contributed by atoms with Gasteiger partial charge in [-0.05, 0) is 47.4 Å². The molecule has 0 aliphatic rings. The van der Waals surface area contributed by atoms with E-state index in [2.05, 4.69) is 12.2 Å². The molecule has 0 aromatic heterocycles. The second kappa shape index (κ2) is 15.7. The van der Waals surface area contributed by atoms with E-state index in [-0.39, 0.29) is 17.6 Å². The number of thioether (sulfide) groups is 1. The van der Waals surface area contributed by atoms with Crippen molar-refractivity contribution >= 4 is 23.6 Å². The topological polar surface area (TPSA) is 67.9 Å². The lowest BCUT2D eigenvalue weighted by atomic mass is 10.0. The van der Waals surface area contributed by atoms with Gasteiger partial charge in [-0.1, -0.05) is 67.9 Å². The molecule has 0 saturated heterocycles. The van der Waals surface area contributed by atoms with Crippen molar-refractivity contribution in [1.29, 1.82) is 0 Å². The van der Waals surface area contributed by atoms with Gasteiger partial charge in [-0.25, -0.2) is 0 Å². The van der Waals surface area contributed by atoms with Crippen molar-refractivity contribution < 1.29 is 19.1 Å². The van der Waals surface area contributed by atoms with Crippen LogP contribution in [-0.4, -0.2) is 49.3 Å². The summed E-state index contributed by atoms with van der Waals surface area (Å²) in [6.07, 6.45) is 2.32. The number of benzene rings is 3. The predicted molar refractivity (Wildman–Crippen MR) is 155 cm³/mol. The molecule has 6 nitrogen and oxygen atoms in total. The molecule has 1 atom stereocenters. The second-order valence-electron chi connectivity index (χ2n) is 9.06. The fourth-order valence-corrected chi connectivity index (χ4v) is 4.96. The summed E-state index contributed by atoms with van der Waals surface area (Å²) < 4.78 is 10.6. The van der Waals surface area contributed by atoms with E-state index in [1.807, 2.05) is 78.9 Å². The smallest absolute Gasteiger partial charge is 0.243 e. The average molecular weight is 535 g/mol. The normalized spacial score (nSPS) is 11.4. The number of carbonyl (C=O) groups excluding carboxylic acids is 2. The molecule has 0 saturated carbocycles. The summed E-state index contributed by atoms with van der Waals surface area (Å²) in [7, 11) is 3.26. The van der Waals surface area contributed by atoms with Crippen LogP contribution in [0.5, 0.6) is 11.5 Å². The molecule has 38 heavy (non-hydrogen) atoms. The Morgan fingerprint density at radius 1 is 0.868 bits per heavy atom. The quantitative estimate of drug-likeness (QED) is 0.261. The van der Waals surface area contributed by atoms with Crippen LogP contribution in [0.15, 0.2) is 78.9 Å². The van der Waals surface area contributed by atoms with Crippen LogP contribution in [-0.2, 0) is 28.3 Å². The predicted octanol–water partition coefficient (Wildman–Crippen LogP) is 5.49. The zero-order valence-corrected chi connectivity index (χ0v) is 23.3. The van der Waals surface area contributed by atoms with Gasteiger partial charge in [0, 0.05) is 25.3 Å². The average Bonchev–Trinajstić information content (AvgIpc) is 2.96. The third-order valence-electron chi connectivity index (χ3n) is 6.24. The molecule has 0 bridgehead atoms. The van der Waals surface area contributed by atoms with E-state index in [0.29, 0.717) is 25.3 Å². The Morgan fingerprint density at radius 3 is 2.26 bits per heavy atom. The number of ether oxygens (including phenoxy) is 2. The molecule has 0 heterocycles. The molecule has 202 valence electrons. The van der Waals surface area contributed by atoms with Gasteiger partial charge in [0.1, 0.15) is 17.5 Å². The van der Waals surface area contributed by atoms with Gasteiger partial charge in [0.25, 0.3) is 0 Å². The molecular formula is C31H38N2O4S. The Kier molecular flexibility index (Phi) is 12.0. The van der Waals surface area contributed by atoms with Gasteiger partial charge in [-0.3, -0.25) is 9.59 Å².